The summed E-state index contributed by atoms with van der Waals surface area (Å²) in [6.45, 7) is 2.07. The lowest BCUT2D eigenvalue weighted by Gasteiger charge is -2.22. The molecule has 1 aliphatic carbocycles. The summed E-state index contributed by atoms with van der Waals surface area (Å²) in [7, 11) is 1.81. The van der Waals surface area contributed by atoms with Gasteiger partial charge in [0.15, 0.2) is 0 Å². The minimum absolute atomic E-state index is 0.109. The average Bonchev–Trinajstić information content (AvgIpc) is 2.98. The topological polar surface area (TPSA) is 72.9 Å². The van der Waals surface area contributed by atoms with Crippen LogP contribution in [-0.2, 0) is 11.8 Å². The Balaban J connectivity index is 1.90. The van der Waals surface area contributed by atoms with Crippen LogP contribution in [0.3, 0.4) is 0 Å². The van der Waals surface area contributed by atoms with Gasteiger partial charge in [0, 0.05) is 24.8 Å². The van der Waals surface area contributed by atoms with Crippen LogP contribution in [0.2, 0.25) is 0 Å². The Morgan fingerprint density at radius 1 is 1.56 bits per heavy atom. The lowest BCUT2D eigenvalue weighted by atomic mass is 9.99. The third kappa shape index (κ3) is 2.90. The Kier molecular flexibility index (Phi) is 4.01. The van der Waals surface area contributed by atoms with E-state index >= 15 is 0 Å². The second-order valence-electron chi connectivity index (χ2n) is 5.27. The lowest BCUT2D eigenvalue weighted by molar-refractivity contribution is -0.123. The van der Waals surface area contributed by atoms with E-state index in [-0.39, 0.29) is 11.9 Å². The summed E-state index contributed by atoms with van der Waals surface area (Å²) in [5.74, 6) is 0.498. The summed E-state index contributed by atoms with van der Waals surface area (Å²) in [5, 5.41) is 7.06. The minimum Gasteiger partial charge on any atom is -0.352 e. The van der Waals surface area contributed by atoms with Gasteiger partial charge in [-0.3, -0.25) is 9.48 Å². The number of aromatic nitrogens is 2. The number of nitrogens with two attached hydrogens (primary N) is 1. The van der Waals surface area contributed by atoms with Gasteiger partial charge in [0.25, 0.3) is 0 Å². The third-order valence-electron chi connectivity index (χ3n) is 3.84. The van der Waals surface area contributed by atoms with Crippen molar-refractivity contribution in [3.8, 4) is 0 Å². The van der Waals surface area contributed by atoms with Gasteiger partial charge in [-0.05, 0) is 25.7 Å². The van der Waals surface area contributed by atoms with Crippen LogP contribution >= 0.6 is 0 Å². The van der Waals surface area contributed by atoms with Crippen molar-refractivity contribution in [2.24, 2.45) is 18.7 Å². The highest BCUT2D eigenvalue weighted by Crippen LogP contribution is 2.27. The van der Waals surface area contributed by atoms with E-state index in [0.29, 0.717) is 5.92 Å². The van der Waals surface area contributed by atoms with E-state index in [1.807, 2.05) is 7.05 Å². The summed E-state index contributed by atoms with van der Waals surface area (Å²) in [6.07, 6.45) is 8.40. The smallest absolute Gasteiger partial charge is 0.241 e. The highest BCUT2D eigenvalue weighted by molar-refractivity contribution is 5.83. The molecule has 2 rings (SSSR count). The summed E-state index contributed by atoms with van der Waals surface area (Å²) in [5.41, 5.74) is 6.69. The zero-order valence-corrected chi connectivity index (χ0v) is 11.1. The molecule has 1 heterocycles. The molecule has 1 aliphatic rings. The monoisotopic (exact) mass is 250 g/mol. The maximum atomic E-state index is 12.0. The van der Waals surface area contributed by atoms with E-state index < -0.39 is 6.04 Å². The first kappa shape index (κ1) is 13.1. The van der Waals surface area contributed by atoms with Gasteiger partial charge < -0.3 is 11.1 Å². The predicted octanol–water partition coefficient (Wildman–Crippen LogP) is 1.11. The zero-order valence-electron chi connectivity index (χ0n) is 11.1. The molecular weight excluding hydrogens is 228 g/mol. The molecule has 2 atom stereocenters. The number of amides is 1. The molecule has 2 unspecified atom stereocenters. The Morgan fingerprint density at radius 3 is 2.78 bits per heavy atom. The predicted molar refractivity (Wildman–Crippen MR) is 69.7 cm³/mol. The Bertz CT molecular complexity index is 409. The van der Waals surface area contributed by atoms with E-state index in [0.717, 1.165) is 5.56 Å². The van der Waals surface area contributed by atoms with E-state index in [1.165, 1.54) is 25.7 Å². The number of rotatable bonds is 4. The number of nitrogens with one attached hydrogen (secondary N) is 1. The second-order valence-corrected chi connectivity index (χ2v) is 5.27. The number of carbonyl (C=O) groups is 1. The van der Waals surface area contributed by atoms with Crippen molar-refractivity contribution < 1.29 is 4.79 Å². The van der Waals surface area contributed by atoms with Gasteiger partial charge in [0.1, 0.15) is 6.04 Å². The summed E-state index contributed by atoms with van der Waals surface area (Å²) in [4.78, 5) is 12.0. The first-order valence-electron chi connectivity index (χ1n) is 6.62. The Labute approximate surface area is 108 Å². The van der Waals surface area contributed by atoms with Crippen LogP contribution in [0.25, 0.3) is 0 Å². The molecule has 0 bridgehead atoms. The molecule has 1 amide bonds. The van der Waals surface area contributed by atoms with Crippen LogP contribution in [0.4, 0.5) is 0 Å². The molecular formula is C13H22N4O. The summed E-state index contributed by atoms with van der Waals surface area (Å²) < 4.78 is 1.66. The maximum absolute atomic E-state index is 12.0. The molecule has 5 heteroatoms. The van der Waals surface area contributed by atoms with Crippen LogP contribution in [0.15, 0.2) is 12.4 Å². The molecule has 0 spiro atoms. The second kappa shape index (κ2) is 5.52. The maximum Gasteiger partial charge on any atom is 0.241 e. The van der Waals surface area contributed by atoms with Crippen molar-refractivity contribution in [1.29, 1.82) is 0 Å². The number of aryl methyl sites for hydroxylation is 1. The Morgan fingerprint density at radius 2 is 2.22 bits per heavy atom. The zero-order chi connectivity index (χ0) is 13.1. The van der Waals surface area contributed by atoms with E-state index in [9.17, 15) is 4.79 Å². The number of hydrogen-bond donors (Lipinski definition) is 2. The van der Waals surface area contributed by atoms with Crippen LogP contribution < -0.4 is 11.1 Å². The molecule has 1 aromatic heterocycles. The average molecular weight is 250 g/mol. The molecule has 0 aliphatic heterocycles. The van der Waals surface area contributed by atoms with Crippen molar-refractivity contribution >= 4 is 5.91 Å². The first-order valence-corrected chi connectivity index (χ1v) is 6.62. The molecule has 3 N–H and O–H groups in total. The fourth-order valence-electron chi connectivity index (χ4n) is 2.64. The van der Waals surface area contributed by atoms with Crippen LogP contribution in [0.5, 0.6) is 0 Å². The summed E-state index contributed by atoms with van der Waals surface area (Å²) in [6, 6.07) is -0.412. The summed E-state index contributed by atoms with van der Waals surface area (Å²) >= 11 is 0. The van der Waals surface area contributed by atoms with Crippen molar-refractivity contribution in [3.05, 3.63) is 18.0 Å². The lowest BCUT2D eigenvalue weighted by Crippen LogP contribution is -2.42. The van der Waals surface area contributed by atoms with E-state index in [1.54, 1.807) is 17.1 Å². The van der Waals surface area contributed by atoms with Gasteiger partial charge in [-0.25, -0.2) is 0 Å². The van der Waals surface area contributed by atoms with Gasteiger partial charge in [0.05, 0.1) is 6.20 Å². The van der Waals surface area contributed by atoms with Gasteiger partial charge in [-0.2, -0.15) is 5.10 Å². The fourth-order valence-corrected chi connectivity index (χ4v) is 2.64. The highest BCUT2D eigenvalue weighted by Gasteiger charge is 2.25. The van der Waals surface area contributed by atoms with Crippen LogP contribution in [0.1, 0.15) is 44.2 Å². The van der Waals surface area contributed by atoms with E-state index in [4.69, 9.17) is 5.73 Å². The van der Waals surface area contributed by atoms with Gasteiger partial charge in [-0.15, -0.1) is 0 Å². The van der Waals surface area contributed by atoms with Gasteiger partial charge in [-0.1, -0.05) is 12.8 Å². The molecule has 1 aromatic rings. The normalized spacial score (nSPS) is 19.7. The molecule has 5 nitrogen and oxygen atoms in total. The molecule has 100 valence electrons. The molecule has 18 heavy (non-hydrogen) atoms. The third-order valence-corrected chi connectivity index (χ3v) is 3.84. The molecule has 0 radical (unpaired) electrons. The number of nitrogens with zero attached hydrogens (tertiary/aromatic N) is 2. The molecule has 0 saturated heterocycles. The van der Waals surface area contributed by atoms with Crippen LogP contribution in [0, 0.1) is 5.92 Å². The quantitative estimate of drug-likeness (QED) is 0.841. The van der Waals surface area contributed by atoms with Crippen LogP contribution in [-0.4, -0.2) is 21.7 Å². The molecule has 1 fully saturated rings. The first-order chi connectivity index (χ1) is 8.58. The SMILES string of the molecule is CC(NC(=O)C(N)c1cnn(C)c1)C1CCCC1. The van der Waals surface area contributed by atoms with E-state index in [2.05, 4.69) is 17.3 Å². The Hall–Kier alpha value is -1.36. The van der Waals surface area contributed by atoms with Crippen molar-refractivity contribution in [2.45, 2.75) is 44.7 Å². The van der Waals surface area contributed by atoms with Crippen molar-refractivity contribution in [3.63, 3.8) is 0 Å². The minimum atomic E-state index is -0.623. The standard InChI is InChI=1S/C13H22N4O/c1-9(10-5-3-4-6-10)16-13(18)12(14)11-7-15-17(2)8-11/h7-10,12H,3-6,14H2,1-2H3,(H,16,18). The molecule has 1 saturated carbocycles. The number of carbonyl (C=O) groups excluding carboxylic acids is 1. The van der Waals surface area contributed by atoms with Gasteiger partial charge in [0.2, 0.25) is 5.91 Å². The number of hydrogen-bond acceptors (Lipinski definition) is 3. The highest BCUT2D eigenvalue weighted by atomic mass is 16.2. The van der Waals surface area contributed by atoms with Gasteiger partial charge >= 0.3 is 0 Å². The van der Waals surface area contributed by atoms with Crippen molar-refractivity contribution in [1.82, 2.24) is 15.1 Å². The largest absolute Gasteiger partial charge is 0.352 e. The fraction of sp³-hybridized carbons (Fsp3) is 0.692. The molecule has 0 aromatic carbocycles. The van der Waals surface area contributed by atoms with Crippen molar-refractivity contribution in [2.75, 3.05) is 0 Å².